The fourth-order valence-corrected chi connectivity index (χ4v) is 4.78. The molecule has 4 atom stereocenters. The van der Waals surface area contributed by atoms with E-state index >= 15 is 0 Å². The molecule has 0 saturated carbocycles. The Kier molecular flexibility index (Phi) is 6.33. The quantitative estimate of drug-likeness (QED) is 0.644. The van der Waals surface area contributed by atoms with Gasteiger partial charge in [0.05, 0.1) is 6.10 Å². The number of ether oxygens (including phenoxy) is 2. The molecule has 0 spiro atoms. The van der Waals surface area contributed by atoms with Crippen molar-refractivity contribution < 1.29 is 13.9 Å². The summed E-state index contributed by atoms with van der Waals surface area (Å²) in [6.45, 7) is 15.0. The number of aromatic nitrogens is 5. The highest BCUT2D eigenvalue weighted by Crippen LogP contribution is 2.42. The monoisotopic (exact) mass is 435 g/mol. The molecule has 1 unspecified atom stereocenters. The maximum atomic E-state index is 12.9. The molecular formula is C20H33N5O4Si. The molecule has 2 aromatic rings. The van der Waals surface area contributed by atoms with Gasteiger partial charge in [-0.3, -0.25) is 4.57 Å². The van der Waals surface area contributed by atoms with Gasteiger partial charge < -0.3 is 13.9 Å². The first-order valence-electron chi connectivity index (χ1n) is 10.3. The highest BCUT2D eigenvalue weighted by atomic mass is 28.4. The van der Waals surface area contributed by atoms with Crippen LogP contribution in [0.15, 0.2) is 23.6 Å². The van der Waals surface area contributed by atoms with Crippen LogP contribution in [0.2, 0.25) is 18.1 Å². The van der Waals surface area contributed by atoms with Crippen LogP contribution in [-0.4, -0.2) is 58.1 Å². The van der Waals surface area contributed by atoms with Crippen molar-refractivity contribution in [3.63, 3.8) is 0 Å². The first-order valence-corrected chi connectivity index (χ1v) is 13.2. The van der Waals surface area contributed by atoms with Gasteiger partial charge in [-0.25, -0.2) is 14.5 Å². The zero-order valence-corrected chi connectivity index (χ0v) is 20.1. The summed E-state index contributed by atoms with van der Waals surface area (Å²) in [5.41, 5.74) is 0.348. The summed E-state index contributed by atoms with van der Waals surface area (Å²) in [6.07, 6.45) is 3.96. The van der Waals surface area contributed by atoms with Gasteiger partial charge in [0.2, 0.25) is 0 Å². The molecule has 0 aromatic carbocycles. The molecule has 0 bridgehead atoms. The molecule has 0 amide bonds. The first kappa shape index (κ1) is 22.8. The Balaban J connectivity index is 1.97. The lowest BCUT2D eigenvalue weighted by Gasteiger charge is -2.40. The second-order valence-electron chi connectivity index (χ2n) is 9.29. The van der Waals surface area contributed by atoms with E-state index in [1.165, 1.54) is 21.9 Å². The largest absolute Gasteiger partial charge is 0.408 e. The number of nitrogens with zero attached hydrogens (tertiary/aromatic N) is 5. The van der Waals surface area contributed by atoms with E-state index in [-0.39, 0.29) is 17.2 Å². The summed E-state index contributed by atoms with van der Waals surface area (Å²) in [7, 11) is -0.433. The van der Waals surface area contributed by atoms with E-state index < -0.39 is 26.3 Å². The Morgan fingerprint density at radius 1 is 1.27 bits per heavy atom. The average Bonchev–Trinajstić information content (AvgIpc) is 3.30. The molecule has 1 aliphatic rings. The van der Waals surface area contributed by atoms with E-state index in [2.05, 4.69) is 55.9 Å². The third-order valence-corrected chi connectivity index (χ3v) is 10.7. The van der Waals surface area contributed by atoms with Gasteiger partial charge in [0.1, 0.15) is 24.9 Å². The van der Waals surface area contributed by atoms with Gasteiger partial charge in [-0.2, -0.15) is 10.1 Å². The molecule has 1 aliphatic heterocycles. The van der Waals surface area contributed by atoms with Crippen LogP contribution >= 0.6 is 0 Å². The highest BCUT2D eigenvalue weighted by Gasteiger charge is 2.50. The standard InChI is InChI=1S/C20H33N5O4Si/c1-9-14-15(29-30(7,8)20(3,4)5)16(27-6)18(28-14)24-10-13(2)17(23-19(24)26)25-12-21-11-22-25/h10-12,14-16,18H,9H2,1-8H3/t14-,15?,16+,18-/m1/s1. The fourth-order valence-electron chi connectivity index (χ4n) is 3.46. The van der Waals surface area contributed by atoms with Crippen molar-refractivity contribution in [1.82, 2.24) is 24.3 Å². The molecule has 9 nitrogen and oxygen atoms in total. The minimum atomic E-state index is -2.07. The van der Waals surface area contributed by atoms with Crippen molar-refractivity contribution in [1.29, 1.82) is 0 Å². The SMILES string of the molecule is CC[C@H]1O[C@@H](n2cc(C)c(-n3cncn3)nc2=O)[C@@H](OC)C1O[Si](C)(C)C(C)(C)C. The molecule has 0 aliphatic carbocycles. The van der Waals surface area contributed by atoms with E-state index in [0.717, 1.165) is 12.0 Å². The number of rotatable bonds is 6. The van der Waals surface area contributed by atoms with Gasteiger partial charge in [0.25, 0.3) is 0 Å². The van der Waals surface area contributed by atoms with Gasteiger partial charge in [-0.05, 0) is 31.5 Å². The van der Waals surface area contributed by atoms with Crippen molar-refractivity contribution >= 4 is 8.32 Å². The molecule has 0 N–H and O–H groups in total. The summed E-state index contributed by atoms with van der Waals surface area (Å²) in [6, 6.07) is 0. The van der Waals surface area contributed by atoms with Crippen LogP contribution in [0.25, 0.3) is 5.82 Å². The Morgan fingerprint density at radius 2 is 1.97 bits per heavy atom. The summed E-state index contributed by atoms with van der Waals surface area (Å²) in [4.78, 5) is 21.0. The Labute approximate surface area is 178 Å². The Bertz CT molecular complexity index is 922. The number of methoxy groups -OCH3 is 1. The molecule has 30 heavy (non-hydrogen) atoms. The first-order chi connectivity index (χ1) is 14.0. The molecule has 166 valence electrons. The summed E-state index contributed by atoms with van der Waals surface area (Å²) in [5, 5.41) is 4.12. The van der Waals surface area contributed by atoms with Crippen LogP contribution in [0.5, 0.6) is 0 Å². The summed E-state index contributed by atoms with van der Waals surface area (Å²) >= 11 is 0. The van der Waals surface area contributed by atoms with Crippen molar-refractivity contribution in [3.05, 3.63) is 34.9 Å². The van der Waals surface area contributed by atoms with E-state index in [1.807, 2.05) is 6.92 Å². The van der Waals surface area contributed by atoms with Crippen LogP contribution in [0.1, 0.15) is 45.9 Å². The van der Waals surface area contributed by atoms with Gasteiger partial charge in [0.15, 0.2) is 20.4 Å². The second kappa shape index (κ2) is 8.33. The minimum Gasteiger partial charge on any atom is -0.408 e. The predicted molar refractivity (Wildman–Crippen MR) is 115 cm³/mol. The van der Waals surface area contributed by atoms with Gasteiger partial charge in [-0.1, -0.05) is 27.7 Å². The lowest BCUT2D eigenvalue weighted by molar-refractivity contribution is -0.0540. The molecular weight excluding hydrogens is 402 g/mol. The van der Waals surface area contributed by atoms with Crippen LogP contribution in [-0.2, 0) is 13.9 Å². The topological polar surface area (TPSA) is 93.3 Å². The van der Waals surface area contributed by atoms with Crippen molar-refractivity contribution in [2.24, 2.45) is 0 Å². The average molecular weight is 436 g/mol. The lowest BCUT2D eigenvalue weighted by Crippen LogP contribution is -2.49. The van der Waals surface area contributed by atoms with Crippen LogP contribution in [0, 0.1) is 6.92 Å². The van der Waals surface area contributed by atoms with E-state index in [0.29, 0.717) is 5.82 Å². The van der Waals surface area contributed by atoms with Crippen LogP contribution < -0.4 is 5.69 Å². The molecule has 3 heterocycles. The van der Waals surface area contributed by atoms with E-state index in [9.17, 15) is 4.79 Å². The lowest BCUT2D eigenvalue weighted by atomic mass is 10.1. The molecule has 1 fully saturated rings. The van der Waals surface area contributed by atoms with E-state index in [4.69, 9.17) is 13.9 Å². The number of hydrogen-bond acceptors (Lipinski definition) is 7. The zero-order valence-electron chi connectivity index (χ0n) is 19.1. The minimum absolute atomic E-state index is 0.0517. The highest BCUT2D eigenvalue weighted by molar-refractivity contribution is 6.74. The van der Waals surface area contributed by atoms with Gasteiger partial charge >= 0.3 is 5.69 Å². The third-order valence-electron chi connectivity index (χ3n) is 6.21. The zero-order chi connectivity index (χ0) is 22.3. The van der Waals surface area contributed by atoms with Gasteiger partial charge in [-0.15, -0.1) is 0 Å². The van der Waals surface area contributed by atoms with E-state index in [1.54, 1.807) is 13.3 Å². The number of aryl methyl sites for hydroxylation is 1. The normalized spacial score (nSPS) is 25.1. The third kappa shape index (κ3) is 4.14. The van der Waals surface area contributed by atoms with Crippen molar-refractivity contribution in [2.45, 2.75) is 83.7 Å². The summed E-state index contributed by atoms with van der Waals surface area (Å²) in [5.74, 6) is 0.446. The molecule has 1 saturated heterocycles. The summed E-state index contributed by atoms with van der Waals surface area (Å²) < 4.78 is 21.8. The van der Waals surface area contributed by atoms with Crippen LogP contribution in [0.3, 0.4) is 0 Å². The predicted octanol–water partition coefficient (Wildman–Crippen LogP) is 2.85. The van der Waals surface area contributed by atoms with Gasteiger partial charge in [0, 0.05) is 18.9 Å². The fraction of sp³-hybridized carbons (Fsp3) is 0.700. The smallest absolute Gasteiger partial charge is 0.351 e. The second-order valence-corrected chi connectivity index (χ2v) is 14.1. The number of hydrogen-bond donors (Lipinski definition) is 0. The molecule has 3 rings (SSSR count). The molecule has 10 heteroatoms. The maximum Gasteiger partial charge on any atom is 0.351 e. The van der Waals surface area contributed by atoms with Crippen molar-refractivity contribution in [2.75, 3.05) is 7.11 Å². The molecule has 0 radical (unpaired) electrons. The Morgan fingerprint density at radius 3 is 2.50 bits per heavy atom. The van der Waals surface area contributed by atoms with Crippen LogP contribution in [0.4, 0.5) is 0 Å². The maximum absolute atomic E-state index is 12.9. The Hall–Kier alpha value is -1.88. The van der Waals surface area contributed by atoms with Crippen molar-refractivity contribution in [3.8, 4) is 5.82 Å². The molecule has 2 aromatic heterocycles.